The number of carboxylic acid groups (broad SMARTS) is 1. The molecule has 1 heterocycles. The van der Waals surface area contributed by atoms with E-state index in [-0.39, 0.29) is 0 Å². The predicted octanol–water partition coefficient (Wildman–Crippen LogP) is 0.644. The van der Waals surface area contributed by atoms with Crippen LogP contribution >= 0.6 is 11.6 Å². The summed E-state index contributed by atoms with van der Waals surface area (Å²) >= 11 is 4.67. The molecule has 5 heteroatoms. The molecular formula is C13H17ClN2O2. The molecule has 18 heavy (non-hydrogen) atoms. The highest BCUT2D eigenvalue weighted by Crippen LogP contribution is 2.27. The SMILES string of the molecule is Cc1c(C)n(C)c2c([NH3+])cccc12.O=C([O-])CCl. The van der Waals surface area contributed by atoms with Crippen molar-refractivity contribution in [1.29, 1.82) is 0 Å². The van der Waals surface area contributed by atoms with Crippen LogP contribution in [0, 0.1) is 13.8 Å². The number of hydrogen-bond acceptors (Lipinski definition) is 2. The molecule has 98 valence electrons. The molecule has 0 atom stereocenters. The molecule has 0 radical (unpaired) electrons. The van der Waals surface area contributed by atoms with Crippen LogP contribution in [0.2, 0.25) is 0 Å². The number of aliphatic carboxylic acids is 1. The van der Waals surface area contributed by atoms with Crippen molar-refractivity contribution in [2.75, 3.05) is 5.88 Å². The highest BCUT2D eigenvalue weighted by atomic mass is 35.5. The molecule has 0 amide bonds. The summed E-state index contributed by atoms with van der Waals surface area (Å²) in [6, 6.07) is 6.28. The topological polar surface area (TPSA) is 72.7 Å². The molecule has 0 aliphatic rings. The van der Waals surface area contributed by atoms with Crippen LogP contribution in [0.3, 0.4) is 0 Å². The van der Waals surface area contributed by atoms with Gasteiger partial charge in [0.05, 0.1) is 11.8 Å². The van der Waals surface area contributed by atoms with Gasteiger partial charge in [0.15, 0.2) is 5.69 Å². The summed E-state index contributed by atoms with van der Waals surface area (Å²) in [6.07, 6.45) is 0. The first kappa shape index (κ1) is 14.5. The lowest BCUT2D eigenvalue weighted by Gasteiger charge is -1.98. The van der Waals surface area contributed by atoms with E-state index in [2.05, 4.69) is 61.0 Å². The fourth-order valence-electron chi connectivity index (χ4n) is 1.90. The Morgan fingerprint density at radius 3 is 2.44 bits per heavy atom. The first-order valence-corrected chi connectivity index (χ1v) is 6.06. The number of fused-ring (bicyclic) bond motifs is 1. The third-order valence-electron chi connectivity index (χ3n) is 3.01. The Labute approximate surface area is 111 Å². The number of carboxylic acids is 1. The summed E-state index contributed by atoms with van der Waals surface area (Å²) < 4.78 is 2.22. The normalized spacial score (nSPS) is 10.1. The zero-order valence-electron chi connectivity index (χ0n) is 10.8. The van der Waals surface area contributed by atoms with E-state index in [1.807, 2.05) is 0 Å². The summed E-state index contributed by atoms with van der Waals surface area (Å²) in [5.74, 6) is -1.65. The van der Waals surface area contributed by atoms with Gasteiger partial charge in [0.25, 0.3) is 0 Å². The molecule has 4 nitrogen and oxygen atoms in total. The van der Waals surface area contributed by atoms with Crippen molar-refractivity contribution in [3.05, 3.63) is 29.5 Å². The smallest absolute Gasteiger partial charge is 0.152 e. The van der Waals surface area contributed by atoms with E-state index < -0.39 is 11.8 Å². The number of hydrogen-bond donors (Lipinski definition) is 1. The Balaban J connectivity index is 0.000000280. The largest absolute Gasteiger partial charge is 0.549 e. The maximum absolute atomic E-state index is 9.12. The van der Waals surface area contributed by atoms with Gasteiger partial charge in [-0.05, 0) is 19.4 Å². The van der Waals surface area contributed by atoms with E-state index >= 15 is 0 Å². The lowest BCUT2D eigenvalue weighted by Crippen LogP contribution is -2.40. The molecule has 0 bridgehead atoms. The molecule has 0 saturated carbocycles. The zero-order valence-corrected chi connectivity index (χ0v) is 11.5. The molecule has 0 aliphatic heterocycles. The number of alkyl halides is 1. The summed E-state index contributed by atoms with van der Waals surface area (Å²) in [7, 11) is 2.10. The Kier molecular flexibility index (Phi) is 4.76. The quantitative estimate of drug-likeness (QED) is 0.771. The van der Waals surface area contributed by atoms with Crippen molar-refractivity contribution in [2.45, 2.75) is 13.8 Å². The summed E-state index contributed by atoms with van der Waals surface area (Å²) in [5.41, 5.74) is 9.10. The number of nitrogens with zero attached hydrogens (tertiary/aromatic N) is 1. The van der Waals surface area contributed by atoms with Gasteiger partial charge in [0, 0.05) is 24.2 Å². The predicted molar refractivity (Wildman–Crippen MR) is 70.7 cm³/mol. The molecule has 0 spiro atoms. The minimum Gasteiger partial charge on any atom is -0.549 e. The number of quaternary nitrogens is 1. The third kappa shape index (κ3) is 2.83. The van der Waals surface area contributed by atoms with E-state index in [0.717, 1.165) is 5.69 Å². The molecule has 0 unspecified atom stereocenters. The monoisotopic (exact) mass is 268 g/mol. The number of aryl methyl sites for hydroxylation is 2. The van der Waals surface area contributed by atoms with Crippen molar-refractivity contribution in [2.24, 2.45) is 7.05 Å². The third-order valence-corrected chi connectivity index (χ3v) is 3.23. The van der Waals surface area contributed by atoms with Crippen LogP contribution in [0.25, 0.3) is 10.9 Å². The molecule has 1 aromatic heterocycles. The first-order chi connectivity index (χ1) is 8.40. The minimum atomic E-state index is -1.23. The van der Waals surface area contributed by atoms with Gasteiger partial charge in [-0.15, -0.1) is 11.6 Å². The number of carbonyl (C=O) groups is 1. The summed E-state index contributed by atoms with van der Waals surface area (Å²) in [5, 5.41) is 10.5. The van der Waals surface area contributed by atoms with Gasteiger partial charge in [0.2, 0.25) is 0 Å². The highest BCUT2D eigenvalue weighted by Gasteiger charge is 2.11. The second-order valence-corrected chi connectivity index (χ2v) is 4.36. The first-order valence-electron chi connectivity index (χ1n) is 5.52. The number of halogens is 1. The molecule has 0 saturated heterocycles. The number of carbonyl (C=O) groups excluding carboxylic acids is 1. The number of para-hydroxylation sites is 1. The molecule has 0 fully saturated rings. The van der Waals surface area contributed by atoms with E-state index in [1.165, 1.54) is 22.2 Å². The molecule has 3 N–H and O–H groups in total. The van der Waals surface area contributed by atoms with Gasteiger partial charge in [0.1, 0.15) is 5.52 Å². The molecule has 2 rings (SSSR count). The Bertz CT molecular complexity index is 576. The number of rotatable bonds is 1. The van der Waals surface area contributed by atoms with Crippen LogP contribution in [0.4, 0.5) is 5.69 Å². The fraction of sp³-hybridized carbons (Fsp3) is 0.308. The maximum Gasteiger partial charge on any atom is 0.152 e. The van der Waals surface area contributed by atoms with Crippen molar-refractivity contribution < 1.29 is 15.6 Å². The van der Waals surface area contributed by atoms with Crippen molar-refractivity contribution >= 4 is 34.2 Å². The standard InChI is InChI=1S/C11H14N2.C2H3ClO2/c1-7-8(2)13(3)11-9(7)5-4-6-10(11)12;3-1-2(4)5/h4-6H,12H2,1-3H3;1H2,(H,4,5). The average Bonchev–Trinajstić information content (AvgIpc) is 2.56. The molecular weight excluding hydrogens is 252 g/mol. The fourth-order valence-corrected chi connectivity index (χ4v) is 1.90. The zero-order chi connectivity index (χ0) is 13.9. The average molecular weight is 269 g/mol. The minimum absolute atomic E-state index is 0.417. The van der Waals surface area contributed by atoms with Crippen LogP contribution < -0.4 is 10.8 Å². The maximum atomic E-state index is 9.12. The summed E-state index contributed by atoms with van der Waals surface area (Å²) in [6.45, 7) is 4.31. The second kappa shape index (κ2) is 5.89. The molecule has 0 aliphatic carbocycles. The van der Waals surface area contributed by atoms with Gasteiger partial charge >= 0.3 is 0 Å². The second-order valence-electron chi connectivity index (χ2n) is 4.09. The van der Waals surface area contributed by atoms with Gasteiger partial charge in [-0.1, -0.05) is 12.1 Å². The Morgan fingerprint density at radius 1 is 1.44 bits per heavy atom. The van der Waals surface area contributed by atoms with E-state index in [0.29, 0.717) is 0 Å². The van der Waals surface area contributed by atoms with Gasteiger partial charge in [-0.3, -0.25) is 0 Å². The van der Waals surface area contributed by atoms with Crippen molar-refractivity contribution in [3.8, 4) is 0 Å². The molecule has 1 aromatic carbocycles. The van der Waals surface area contributed by atoms with Crippen molar-refractivity contribution in [3.63, 3.8) is 0 Å². The van der Waals surface area contributed by atoms with Crippen LogP contribution in [0.1, 0.15) is 11.3 Å². The van der Waals surface area contributed by atoms with Crippen molar-refractivity contribution in [1.82, 2.24) is 4.57 Å². The van der Waals surface area contributed by atoms with E-state index in [9.17, 15) is 0 Å². The van der Waals surface area contributed by atoms with Crippen LogP contribution in [0.15, 0.2) is 18.2 Å². The van der Waals surface area contributed by atoms with E-state index in [4.69, 9.17) is 9.90 Å². The summed E-state index contributed by atoms with van der Waals surface area (Å²) in [4.78, 5) is 9.12. The Hall–Kier alpha value is -1.52. The number of benzene rings is 1. The van der Waals surface area contributed by atoms with Crippen LogP contribution in [-0.2, 0) is 11.8 Å². The van der Waals surface area contributed by atoms with Gasteiger partial charge in [-0.2, -0.15) is 0 Å². The van der Waals surface area contributed by atoms with Crippen LogP contribution in [0.5, 0.6) is 0 Å². The lowest BCUT2D eigenvalue weighted by molar-refractivity contribution is -0.301. The van der Waals surface area contributed by atoms with Crippen LogP contribution in [-0.4, -0.2) is 16.4 Å². The van der Waals surface area contributed by atoms with Gasteiger partial charge in [-0.25, -0.2) is 0 Å². The lowest BCUT2D eigenvalue weighted by atomic mass is 10.1. The molecule has 2 aromatic rings. The Morgan fingerprint density at radius 2 is 2.00 bits per heavy atom. The highest BCUT2D eigenvalue weighted by molar-refractivity contribution is 6.25. The number of aromatic nitrogens is 1. The van der Waals surface area contributed by atoms with Gasteiger partial charge < -0.3 is 20.2 Å². The van der Waals surface area contributed by atoms with E-state index in [1.54, 1.807) is 0 Å².